The second-order valence-electron chi connectivity index (χ2n) is 4.65. The van der Waals surface area contributed by atoms with E-state index in [1.54, 1.807) is 0 Å². The summed E-state index contributed by atoms with van der Waals surface area (Å²) in [6, 6.07) is 18.7. The molecule has 2 aromatic carbocycles. The maximum absolute atomic E-state index is 5.77. The molecule has 1 heterocycles. The first kappa shape index (κ1) is 11.8. The van der Waals surface area contributed by atoms with Gasteiger partial charge >= 0.3 is 0 Å². The smallest absolute Gasteiger partial charge is 0.134 e. The molecule has 0 aliphatic rings. The van der Waals surface area contributed by atoms with Crippen molar-refractivity contribution in [1.82, 2.24) is 0 Å². The summed E-state index contributed by atoms with van der Waals surface area (Å²) < 4.78 is 5.77. The van der Waals surface area contributed by atoms with Gasteiger partial charge in [-0.05, 0) is 36.2 Å². The van der Waals surface area contributed by atoms with Crippen molar-refractivity contribution in [2.45, 2.75) is 19.9 Å². The average Bonchev–Trinajstić information content (AvgIpc) is 2.88. The minimum absolute atomic E-state index is 0.708. The van der Waals surface area contributed by atoms with E-state index >= 15 is 0 Å². The number of aryl methyl sites for hydroxylation is 1. The molecule has 0 saturated carbocycles. The highest BCUT2D eigenvalue weighted by atomic mass is 16.3. The van der Waals surface area contributed by atoms with Gasteiger partial charge in [0.15, 0.2) is 0 Å². The Labute approximate surface area is 113 Å². The van der Waals surface area contributed by atoms with Crippen molar-refractivity contribution in [3.05, 3.63) is 65.9 Å². The van der Waals surface area contributed by atoms with Gasteiger partial charge in [-0.15, -0.1) is 0 Å². The number of fused-ring (bicyclic) bond motifs is 1. The summed E-state index contributed by atoms with van der Waals surface area (Å²) in [5.41, 5.74) is 3.42. The lowest BCUT2D eigenvalue weighted by Gasteiger charge is -2.05. The Bertz CT molecular complexity index is 634. The number of hydrogen-bond acceptors (Lipinski definition) is 2. The van der Waals surface area contributed by atoms with E-state index in [1.807, 2.05) is 18.2 Å². The predicted molar refractivity (Wildman–Crippen MR) is 79.4 cm³/mol. The number of benzene rings is 2. The lowest BCUT2D eigenvalue weighted by atomic mass is 10.1. The minimum Gasteiger partial charge on any atom is -0.459 e. The molecule has 0 radical (unpaired) electrons. The number of para-hydroxylation sites is 1. The van der Waals surface area contributed by atoms with Gasteiger partial charge in [0.05, 0.1) is 6.54 Å². The maximum atomic E-state index is 5.77. The first-order chi connectivity index (χ1) is 9.35. The van der Waals surface area contributed by atoms with Crippen LogP contribution >= 0.6 is 0 Å². The third-order valence-corrected chi connectivity index (χ3v) is 3.31. The van der Waals surface area contributed by atoms with Gasteiger partial charge in [0.2, 0.25) is 0 Å². The number of anilines is 1. The van der Waals surface area contributed by atoms with Crippen LogP contribution in [-0.2, 0) is 13.0 Å². The average molecular weight is 251 g/mol. The Hall–Kier alpha value is -2.22. The van der Waals surface area contributed by atoms with E-state index in [9.17, 15) is 0 Å². The predicted octanol–water partition coefficient (Wildman–Crippen LogP) is 4.61. The molecule has 0 fully saturated rings. The first-order valence-electron chi connectivity index (χ1n) is 6.65. The SMILES string of the molecule is CCc1ccc(NCc2cc3ccccc3o2)cc1. The Morgan fingerprint density at radius 2 is 1.79 bits per heavy atom. The Kier molecular flexibility index (Phi) is 3.23. The monoisotopic (exact) mass is 251 g/mol. The molecule has 3 rings (SSSR count). The molecule has 0 unspecified atom stereocenters. The third kappa shape index (κ3) is 2.63. The molecule has 0 spiro atoms. The molecule has 2 nitrogen and oxygen atoms in total. The van der Waals surface area contributed by atoms with Crippen molar-refractivity contribution >= 4 is 16.7 Å². The van der Waals surface area contributed by atoms with Crippen molar-refractivity contribution < 1.29 is 4.42 Å². The second kappa shape index (κ2) is 5.19. The molecule has 96 valence electrons. The summed E-state index contributed by atoms with van der Waals surface area (Å²) in [4.78, 5) is 0. The van der Waals surface area contributed by atoms with Crippen LogP contribution in [0.5, 0.6) is 0 Å². The van der Waals surface area contributed by atoms with Gasteiger partial charge in [-0.2, -0.15) is 0 Å². The molecular formula is C17H17NO. The lowest BCUT2D eigenvalue weighted by molar-refractivity contribution is 0.559. The Morgan fingerprint density at radius 1 is 1.00 bits per heavy atom. The molecule has 0 atom stereocenters. The van der Waals surface area contributed by atoms with Gasteiger partial charge in [0.1, 0.15) is 11.3 Å². The largest absolute Gasteiger partial charge is 0.459 e. The molecule has 3 aromatic rings. The van der Waals surface area contributed by atoms with Crippen LogP contribution in [0.1, 0.15) is 18.2 Å². The van der Waals surface area contributed by atoms with Crippen LogP contribution in [0.25, 0.3) is 11.0 Å². The maximum Gasteiger partial charge on any atom is 0.134 e. The van der Waals surface area contributed by atoms with Crippen molar-refractivity contribution in [2.24, 2.45) is 0 Å². The standard InChI is InChI=1S/C17H17NO/c1-2-13-7-9-15(10-8-13)18-12-16-11-14-5-3-4-6-17(14)19-16/h3-11,18H,2,12H2,1H3. The van der Waals surface area contributed by atoms with Crippen LogP contribution in [0.2, 0.25) is 0 Å². The van der Waals surface area contributed by atoms with Crippen LogP contribution in [-0.4, -0.2) is 0 Å². The molecule has 19 heavy (non-hydrogen) atoms. The van der Waals surface area contributed by atoms with Gasteiger partial charge in [-0.3, -0.25) is 0 Å². The van der Waals surface area contributed by atoms with E-state index in [1.165, 1.54) is 5.56 Å². The van der Waals surface area contributed by atoms with Gasteiger partial charge < -0.3 is 9.73 Å². The fourth-order valence-electron chi connectivity index (χ4n) is 2.17. The topological polar surface area (TPSA) is 25.2 Å². The molecule has 0 aliphatic carbocycles. The van der Waals surface area contributed by atoms with Gasteiger partial charge in [-0.25, -0.2) is 0 Å². The summed E-state index contributed by atoms with van der Waals surface area (Å²) in [7, 11) is 0. The van der Waals surface area contributed by atoms with Gasteiger partial charge in [0, 0.05) is 11.1 Å². The number of furan rings is 1. The van der Waals surface area contributed by atoms with Crippen molar-refractivity contribution in [3.63, 3.8) is 0 Å². The lowest BCUT2D eigenvalue weighted by Crippen LogP contribution is -1.97. The fourth-order valence-corrected chi connectivity index (χ4v) is 2.17. The van der Waals surface area contributed by atoms with E-state index in [2.05, 4.69) is 48.6 Å². The van der Waals surface area contributed by atoms with E-state index in [-0.39, 0.29) is 0 Å². The van der Waals surface area contributed by atoms with E-state index in [0.717, 1.165) is 28.8 Å². The summed E-state index contributed by atoms with van der Waals surface area (Å²) >= 11 is 0. The Morgan fingerprint density at radius 3 is 2.53 bits per heavy atom. The van der Waals surface area contributed by atoms with E-state index < -0.39 is 0 Å². The number of hydrogen-bond donors (Lipinski definition) is 1. The second-order valence-corrected chi connectivity index (χ2v) is 4.65. The molecule has 1 N–H and O–H groups in total. The molecule has 0 saturated heterocycles. The number of rotatable bonds is 4. The summed E-state index contributed by atoms with van der Waals surface area (Å²) in [5.74, 6) is 0.959. The van der Waals surface area contributed by atoms with Crippen LogP contribution in [0.15, 0.2) is 59.0 Å². The third-order valence-electron chi connectivity index (χ3n) is 3.31. The first-order valence-corrected chi connectivity index (χ1v) is 6.65. The zero-order chi connectivity index (χ0) is 13.1. The molecule has 0 bridgehead atoms. The van der Waals surface area contributed by atoms with Crippen LogP contribution in [0, 0.1) is 0 Å². The zero-order valence-electron chi connectivity index (χ0n) is 11.0. The normalized spacial score (nSPS) is 10.8. The van der Waals surface area contributed by atoms with Crippen LogP contribution in [0.4, 0.5) is 5.69 Å². The quantitative estimate of drug-likeness (QED) is 0.732. The van der Waals surface area contributed by atoms with Crippen molar-refractivity contribution in [2.75, 3.05) is 5.32 Å². The van der Waals surface area contributed by atoms with Gasteiger partial charge in [0.25, 0.3) is 0 Å². The van der Waals surface area contributed by atoms with Crippen LogP contribution < -0.4 is 5.32 Å². The molecule has 0 aliphatic heterocycles. The molecule has 0 amide bonds. The summed E-state index contributed by atoms with van der Waals surface area (Å²) in [5, 5.41) is 4.53. The van der Waals surface area contributed by atoms with E-state index in [0.29, 0.717) is 6.54 Å². The van der Waals surface area contributed by atoms with Crippen LogP contribution in [0.3, 0.4) is 0 Å². The number of nitrogens with one attached hydrogen (secondary N) is 1. The minimum atomic E-state index is 0.708. The van der Waals surface area contributed by atoms with Crippen molar-refractivity contribution in [1.29, 1.82) is 0 Å². The Balaban J connectivity index is 1.70. The molecule has 1 aromatic heterocycles. The molecule has 2 heteroatoms. The van der Waals surface area contributed by atoms with Gasteiger partial charge in [-0.1, -0.05) is 37.3 Å². The van der Waals surface area contributed by atoms with E-state index in [4.69, 9.17) is 4.42 Å². The molecular weight excluding hydrogens is 234 g/mol. The summed E-state index contributed by atoms with van der Waals surface area (Å²) in [6.45, 7) is 2.87. The highest BCUT2D eigenvalue weighted by Gasteiger charge is 2.02. The summed E-state index contributed by atoms with van der Waals surface area (Å²) in [6.07, 6.45) is 1.07. The highest BCUT2D eigenvalue weighted by Crippen LogP contribution is 2.20. The van der Waals surface area contributed by atoms with Crippen molar-refractivity contribution in [3.8, 4) is 0 Å². The fraction of sp³-hybridized carbons (Fsp3) is 0.176. The highest BCUT2D eigenvalue weighted by molar-refractivity contribution is 5.77. The zero-order valence-corrected chi connectivity index (χ0v) is 11.0.